The van der Waals surface area contributed by atoms with Crippen molar-refractivity contribution in [3.63, 3.8) is 0 Å². The Bertz CT molecular complexity index is 799. The number of hydrogen-bond donors (Lipinski definition) is 0. The van der Waals surface area contributed by atoms with Gasteiger partial charge in [-0.25, -0.2) is 9.37 Å². The molecule has 26 heavy (non-hydrogen) atoms. The molecule has 2 aromatic rings. The third kappa shape index (κ3) is 3.24. The van der Waals surface area contributed by atoms with Gasteiger partial charge >= 0.3 is 0 Å². The van der Waals surface area contributed by atoms with Gasteiger partial charge in [-0.15, -0.1) is 0 Å². The lowest BCUT2D eigenvalue weighted by atomic mass is 9.82. The summed E-state index contributed by atoms with van der Waals surface area (Å²) in [5.41, 5.74) is 1.72. The number of aromatic nitrogens is 2. The molecule has 1 saturated carbocycles. The first-order valence-corrected chi connectivity index (χ1v) is 9.96. The molecule has 0 N–H and O–H groups in total. The largest absolute Gasteiger partial charge is 0.342 e. The van der Waals surface area contributed by atoms with Crippen molar-refractivity contribution in [2.24, 2.45) is 11.8 Å². The van der Waals surface area contributed by atoms with E-state index in [0.29, 0.717) is 5.91 Å². The number of nitrogens with zero attached hydrogens (tertiary/aromatic N) is 3. The average molecular weight is 357 g/mol. The third-order valence-electron chi connectivity index (χ3n) is 6.33. The minimum Gasteiger partial charge on any atom is -0.342 e. The SMILES string of the molecule is Cc1nc2ccc(F)cc2n1C1CCN(C(=O)C2CCC(C)CC2)CC1. The number of halogens is 1. The summed E-state index contributed by atoms with van der Waals surface area (Å²) in [4.78, 5) is 19.5. The summed E-state index contributed by atoms with van der Waals surface area (Å²) in [6.45, 7) is 5.86. The summed E-state index contributed by atoms with van der Waals surface area (Å²) < 4.78 is 15.9. The number of likely N-dealkylation sites (tertiary alicyclic amines) is 1. The van der Waals surface area contributed by atoms with Crippen molar-refractivity contribution in [2.75, 3.05) is 13.1 Å². The number of aryl methyl sites for hydroxylation is 1. The van der Waals surface area contributed by atoms with Crippen LogP contribution < -0.4 is 0 Å². The molecule has 0 unspecified atom stereocenters. The highest BCUT2D eigenvalue weighted by Crippen LogP contribution is 2.33. The summed E-state index contributed by atoms with van der Waals surface area (Å²) in [7, 11) is 0. The van der Waals surface area contributed by atoms with E-state index in [2.05, 4.69) is 21.4 Å². The number of piperidine rings is 1. The van der Waals surface area contributed by atoms with Gasteiger partial charge < -0.3 is 9.47 Å². The predicted octanol–water partition coefficient (Wildman–Crippen LogP) is 4.47. The molecule has 1 aromatic heterocycles. The zero-order valence-corrected chi connectivity index (χ0v) is 15.7. The van der Waals surface area contributed by atoms with E-state index in [1.807, 2.05) is 6.92 Å². The molecule has 5 heteroatoms. The fourth-order valence-electron chi connectivity index (χ4n) is 4.76. The number of carbonyl (C=O) groups excluding carboxylic acids is 1. The van der Waals surface area contributed by atoms with E-state index in [-0.39, 0.29) is 17.8 Å². The lowest BCUT2D eigenvalue weighted by molar-refractivity contribution is -0.138. The van der Waals surface area contributed by atoms with E-state index in [0.717, 1.165) is 61.5 Å². The van der Waals surface area contributed by atoms with E-state index in [1.54, 1.807) is 12.1 Å². The Morgan fingerprint density at radius 1 is 1.12 bits per heavy atom. The standard InChI is InChI=1S/C21H28FN3O/c1-14-3-5-16(6-4-14)21(26)24-11-9-18(10-12-24)25-15(2)23-19-8-7-17(22)13-20(19)25/h7-8,13-14,16,18H,3-6,9-12H2,1-2H3. The van der Waals surface area contributed by atoms with Gasteiger partial charge in [-0.2, -0.15) is 0 Å². The molecular weight excluding hydrogens is 329 g/mol. The first kappa shape index (κ1) is 17.5. The van der Waals surface area contributed by atoms with Gasteiger partial charge in [-0.05, 0) is 69.6 Å². The fraction of sp³-hybridized carbons (Fsp3) is 0.619. The van der Waals surface area contributed by atoms with Crippen LogP contribution in [0.5, 0.6) is 0 Å². The molecule has 4 nitrogen and oxygen atoms in total. The van der Waals surface area contributed by atoms with Crippen LogP contribution in [0.2, 0.25) is 0 Å². The Morgan fingerprint density at radius 3 is 2.50 bits per heavy atom. The molecule has 0 spiro atoms. The van der Waals surface area contributed by atoms with Crippen LogP contribution >= 0.6 is 0 Å². The average Bonchev–Trinajstić information content (AvgIpc) is 2.97. The normalized spacial score (nSPS) is 25.0. The predicted molar refractivity (Wildman–Crippen MR) is 100 cm³/mol. The Morgan fingerprint density at radius 2 is 1.81 bits per heavy atom. The number of carbonyl (C=O) groups is 1. The quantitative estimate of drug-likeness (QED) is 0.795. The summed E-state index contributed by atoms with van der Waals surface area (Å²) in [6, 6.07) is 5.08. The molecular formula is C21H28FN3O. The zero-order chi connectivity index (χ0) is 18.3. The zero-order valence-electron chi connectivity index (χ0n) is 15.7. The van der Waals surface area contributed by atoms with Crippen molar-refractivity contribution in [3.8, 4) is 0 Å². The van der Waals surface area contributed by atoms with Gasteiger partial charge in [0.25, 0.3) is 0 Å². The van der Waals surface area contributed by atoms with Crippen molar-refractivity contribution >= 4 is 16.9 Å². The molecule has 140 valence electrons. The smallest absolute Gasteiger partial charge is 0.225 e. The van der Waals surface area contributed by atoms with Crippen LogP contribution in [0.3, 0.4) is 0 Å². The molecule has 1 aromatic carbocycles. The molecule has 4 rings (SSSR count). The number of fused-ring (bicyclic) bond motifs is 1. The highest BCUT2D eigenvalue weighted by molar-refractivity contribution is 5.79. The number of rotatable bonds is 2. The van der Waals surface area contributed by atoms with Gasteiger partial charge in [0, 0.05) is 25.0 Å². The summed E-state index contributed by atoms with van der Waals surface area (Å²) in [5.74, 6) is 2.05. The van der Waals surface area contributed by atoms with Crippen LogP contribution in [0.4, 0.5) is 4.39 Å². The van der Waals surface area contributed by atoms with E-state index < -0.39 is 0 Å². The van der Waals surface area contributed by atoms with E-state index >= 15 is 0 Å². The van der Waals surface area contributed by atoms with Crippen molar-refractivity contribution in [1.82, 2.24) is 14.5 Å². The second-order valence-corrected chi connectivity index (χ2v) is 8.18. The number of benzene rings is 1. The third-order valence-corrected chi connectivity index (χ3v) is 6.33. The maximum Gasteiger partial charge on any atom is 0.225 e. The second kappa shape index (κ2) is 7.01. The summed E-state index contributed by atoms with van der Waals surface area (Å²) in [6.07, 6.45) is 6.28. The Balaban J connectivity index is 1.45. The molecule has 1 saturated heterocycles. The first-order chi connectivity index (χ1) is 12.5. The highest BCUT2D eigenvalue weighted by atomic mass is 19.1. The fourth-order valence-corrected chi connectivity index (χ4v) is 4.76. The minimum atomic E-state index is -0.224. The maximum absolute atomic E-state index is 13.7. The van der Waals surface area contributed by atoms with Crippen LogP contribution in [0, 0.1) is 24.6 Å². The Labute approximate surface area is 154 Å². The molecule has 1 aliphatic heterocycles. The summed E-state index contributed by atoms with van der Waals surface area (Å²) >= 11 is 0. The molecule has 1 aliphatic carbocycles. The second-order valence-electron chi connectivity index (χ2n) is 8.18. The molecule has 2 fully saturated rings. The van der Waals surface area contributed by atoms with Crippen LogP contribution in [0.15, 0.2) is 18.2 Å². The molecule has 0 radical (unpaired) electrons. The lowest BCUT2D eigenvalue weighted by Crippen LogP contribution is -2.43. The number of hydrogen-bond acceptors (Lipinski definition) is 2. The monoisotopic (exact) mass is 357 g/mol. The van der Waals surface area contributed by atoms with Crippen molar-refractivity contribution < 1.29 is 9.18 Å². The lowest BCUT2D eigenvalue weighted by Gasteiger charge is -2.36. The highest BCUT2D eigenvalue weighted by Gasteiger charge is 2.31. The molecule has 2 aliphatic rings. The molecule has 1 amide bonds. The van der Waals surface area contributed by atoms with Crippen LogP contribution in [-0.4, -0.2) is 33.4 Å². The van der Waals surface area contributed by atoms with Crippen molar-refractivity contribution in [2.45, 2.75) is 58.4 Å². The van der Waals surface area contributed by atoms with Gasteiger partial charge in [-0.1, -0.05) is 6.92 Å². The van der Waals surface area contributed by atoms with Crippen LogP contribution in [-0.2, 0) is 4.79 Å². The molecule has 0 atom stereocenters. The van der Waals surface area contributed by atoms with Gasteiger partial charge in [0.05, 0.1) is 11.0 Å². The Kier molecular flexibility index (Phi) is 4.72. The maximum atomic E-state index is 13.7. The van der Waals surface area contributed by atoms with Gasteiger partial charge in [0.2, 0.25) is 5.91 Å². The van der Waals surface area contributed by atoms with E-state index in [1.165, 1.54) is 18.9 Å². The Hall–Kier alpha value is -1.91. The number of imidazole rings is 1. The van der Waals surface area contributed by atoms with Gasteiger partial charge in [0.15, 0.2) is 0 Å². The van der Waals surface area contributed by atoms with Crippen LogP contribution in [0.1, 0.15) is 57.3 Å². The van der Waals surface area contributed by atoms with Crippen LogP contribution in [0.25, 0.3) is 11.0 Å². The minimum absolute atomic E-state index is 0.224. The number of amides is 1. The molecule has 0 bridgehead atoms. The topological polar surface area (TPSA) is 38.1 Å². The molecule has 2 heterocycles. The first-order valence-electron chi connectivity index (χ1n) is 9.96. The van der Waals surface area contributed by atoms with E-state index in [4.69, 9.17) is 0 Å². The van der Waals surface area contributed by atoms with E-state index in [9.17, 15) is 9.18 Å². The van der Waals surface area contributed by atoms with Gasteiger partial charge in [0.1, 0.15) is 11.6 Å². The van der Waals surface area contributed by atoms with Crippen molar-refractivity contribution in [1.29, 1.82) is 0 Å². The van der Waals surface area contributed by atoms with Gasteiger partial charge in [-0.3, -0.25) is 4.79 Å². The van der Waals surface area contributed by atoms with Crippen molar-refractivity contribution in [3.05, 3.63) is 29.8 Å². The summed E-state index contributed by atoms with van der Waals surface area (Å²) in [5, 5.41) is 0.